The van der Waals surface area contributed by atoms with E-state index in [1.165, 1.54) is 5.57 Å². The highest BCUT2D eigenvalue weighted by atomic mass is 15.3. The molecule has 14 heavy (non-hydrogen) atoms. The van der Waals surface area contributed by atoms with Crippen molar-refractivity contribution < 1.29 is 0 Å². The summed E-state index contributed by atoms with van der Waals surface area (Å²) in [6.07, 6.45) is 2.40. The van der Waals surface area contributed by atoms with Gasteiger partial charge in [-0.3, -0.25) is 4.90 Å². The van der Waals surface area contributed by atoms with Crippen molar-refractivity contribution in [2.45, 2.75) is 72.0 Å². The monoisotopic (exact) mass is 195 g/mol. The molecule has 0 fully saturated rings. The Bertz CT molecular complexity index is 263. The van der Waals surface area contributed by atoms with Gasteiger partial charge in [0.15, 0.2) is 0 Å². The summed E-state index contributed by atoms with van der Waals surface area (Å²) in [4.78, 5) is 2.60. The number of hydrogen-bond donors (Lipinski definition) is 0. The molecular weight excluding hydrogens is 170 g/mol. The molecule has 0 aromatic heterocycles. The van der Waals surface area contributed by atoms with Crippen LogP contribution in [0.4, 0.5) is 0 Å². The summed E-state index contributed by atoms with van der Waals surface area (Å²) in [6, 6.07) is 0. The Morgan fingerprint density at radius 1 is 1.07 bits per heavy atom. The zero-order chi connectivity index (χ0) is 11.4. The highest BCUT2D eigenvalue weighted by molar-refractivity contribution is 5.30. The third-order valence-electron chi connectivity index (χ3n) is 3.34. The molecule has 82 valence electrons. The summed E-state index contributed by atoms with van der Waals surface area (Å²) in [5, 5.41) is 0. The molecule has 0 unspecified atom stereocenters. The van der Waals surface area contributed by atoms with E-state index in [2.05, 4.69) is 66.4 Å². The first-order valence-electron chi connectivity index (χ1n) is 5.50. The summed E-state index contributed by atoms with van der Waals surface area (Å²) >= 11 is 0. The second kappa shape index (κ2) is 2.85. The van der Waals surface area contributed by atoms with E-state index in [0.717, 1.165) is 0 Å². The van der Waals surface area contributed by atoms with E-state index >= 15 is 0 Å². The lowest BCUT2D eigenvalue weighted by atomic mass is 9.90. The van der Waals surface area contributed by atoms with Crippen LogP contribution >= 0.6 is 0 Å². The minimum Gasteiger partial charge on any atom is -0.281 e. The lowest BCUT2D eigenvalue weighted by Crippen LogP contribution is -2.59. The molecule has 1 rings (SSSR count). The van der Waals surface area contributed by atoms with Gasteiger partial charge in [-0.1, -0.05) is 11.6 Å². The maximum Gasteiger partial charge on any atom is 0.0375 e. The number of rotatable bonds is 0. The quantitative estimate of drug-likeness (QED) is 0.534. The van der Waals surface area contributed by atoms with E-state index in [1.807, 2.05) is 0 Å². The van der Waals surface area contributed by atoms with Gasteiger partial charge in [-0.25, -0.2) is 0 Å². The molecule has 0 saturated carbocycles. The van der Waals surface area contributed by atoms with Crippen LogP contribution in [0.25, 0.3) is 0 Å². The molecule has 0 aliphatic carbocycles. The van der Waals surface area contributed by atoms with Crippen LogP contribution < -0.4 is 0 Å². The highest BCUT2D eigenvalue weighted by Crippen LogP contribution is 2.44. The van der Waals surface area contributed by atoms with Gasteiger partial charge in [0, 0.05) is 16.6 Å². The molecule has 0 saturated heterocycles. The second-order valence-electron chi connectivity index (χ2n) is 6.55. The van der Waals surface area contributed by atoms with Crippen molar-refractivity contribution in [3.63, 3.8) is 0 Å². The van der Waals surface area contributed by atoms with Gasteiger partial charge in [0.1, 0.15) is 0 Å². The minimum atomic E-state index is 0.172. The van der Waals surface area contributed by atoms with Crippen molar-refractivity contribution in [3.05, 3.63) is 11.6 Å². The minimum absolute atomic E-state index is 0.172. The van der Waals surface area contributed by atoms with Crippen LogP contribution in [0.5, 0.6) is 0 Å². The van der Waals surface area contributed by atoms with E-state index in [4.69, 9.17) is 0 Å². The zero-order valence-corrected chi connectivity index (χ0v) is 11.0. The predicted molar refractivity (Wildman–Crippen MR) is 63.5 cm³/mol. The van der Waals surface area contributed by atoms with Crippen LogP contribution in [0, 0.1) is 0 Å². The van der Waals surface area contributed by atoms with E-state index < -0.39 is 0 Å². The van der Waals surface area contributed by atoms with Gasteiger partial charge in [-0.15, -0.1) is 0 Å². The van der Waals surface area contributed by atoms with E-state index in [9.17, 15) is 0 Å². The molecule has 0 aromatic rings. The second-order valence-corrected chi connectivity index (χ2v) is 6.55. The number of nitrogens with zero attached hydrogens (tertiary/aromatic N) is 1. The Labute approximate surface area is 89.2 Å². The summed E-state index contributed by atoms with van der Waals surface area (Å²) in [5.41, 5.74) is 2.05. The van der Waals surface area contributed by atoms with Crippen molar-refractivity contribution in [2.24, 2.45) is 0 Å². The van der Waals surface area contributed by atoms with Crippen LogP contribution in [0.1, 0.15) is 55.4 Å². The standard InChI is InChI=1S/C13H25N/c1-10-9-12(5,6)14(11(2,3)4)13(10,7)8/h9H,1-8H3. The molecule has 1 nitrogen and oxygen atoms in total. The maximum absolute atomic E-state index is 2.60. The molecule has 0 aromatic carbocycles. The highest BCUT2D eigenvalue weighted by Gasteiger charge is 2.48. The Kier molecular flexibility index (Phi) is 2.40. The van der Waals surface area contributed by atoms with Crippen molar-refractivity contribution >= 4 is 0 Å². The molecule has 1 aliphatic heterocycles. The summed E-state index contributed by atoms with van der Waals surface area (Å²) in [7, 11) is 0. The van der Waals surface area contributed by atoms with Crippen molar-refractivity contribution in [3.8, 4) is 0 Å². The summed E-state index contributed by atoms with van der Waals surface area (Å²) in [5.74, 6) is 0. The van der Waals surface area contributed by atoms with Crippen molar-refractivity contribution in [1.29, 1.82) is 0 Å². The summed E-state index contributed by atoms with van der Waals surface area (Å²) < 4.78 is 0. The summed E-state index contributed by atoms with van der Waals surface area (Å²) in [6.45, 7) is 18.4. The molecule has 0 bridgehead atoms. The Balaban J connectivity index is 3.20. The molecule has 0 radical (unpaired) electrons. The van der Waals surface area contributed by atoms with Gasteiger partial charge in [0.25, 0.3) is 0 Å². The molecule has 0 amide bonds. The van der Waals surface area contributed by atoms with Gasteiger partial charge in [-0.05, 0) is 55.4 Å². The van der Waals surface area contributed by atoms with Crippen LogP contribution in [0.3, 0.4) is 0 Å². The van der Waals surface area contributed by atoms with Crippen LogP contribution in [0.15, 0.2) is 11.6 Å². The smallest absolute Gasteiger partial charge is 0.0375 e. The first kappa shape index (κ1) is 11.8. The lowest BCUT2D eigenvalue weighted by molar-refractivity contribution is 0.000849. The van der Waals surface area contributed by atoms with Gasteiger partial charge >= 0.3 is 0 Å². The van der Waals surface area contributed by atoms with Gasteiger partial charge in [-0.2, -0.15) is 0 Å². The first-order valence-corrected chi connectivity index (χ1v) is 5.50. The van der Waals surface area contributed by atoms with Crippen LogP contribution in [-0.2, 0) is 0 Å². The van der Waals surface area contributed by atoms with E-state index in [1.54, 1.807) is 0 Å². The van der Waals surface area contributed by atoms with E-state index in [0.29, 0.717) is 0 Å². The normalized spacial score (nSPS) is 26.4. The van der Waals surface area contributed by atoms with Crippen LogP contribution in [0.2, 0.25) is 0 Å². The maximum atomic E-state index is 2.60. The van der Waals surface area contributed by atoms with Gasteiger partial charge < -0.3 is 0 Å². The first-order chi connectivity index (χ1) is 5.99. The average Bonchev–Trinajstić information content (AvgIpc) is 1.93. The van der Waals surface area contributed by atoms with E-state index in [-0.39, 0.29) is 16.6 Å². The van der Waals surface area contributed by atoms with Crippen molar-refractivity contribution in [1.82, 2.24) is 4.90 Å². The Morgan fingerprint density at radius 2 is 1.50 bits per heavy atom. The average molecular weight is 195 g/mol. The largest absolute Gasteiger partial charge is 0.281 e. The molecule has 0 atom stereocenters. The van der Waals surface area contributed by atoms with Crippen molar-refractivity contribution in [2.75, 3.05) is 0 Å². The fraction of sp³-hybridized carbons (Fsp3) is 0.846. The molecule has 1 heteroatoms. The Hall–Kier alpha value is -0.300. The fourth-order valence-electron chi connectivity index (χ4n) is 3.37. The Morgan fingerprint density at radius 3 is 1.64 bits per heavy atom. The molecule has 0 N–H and O–H groups in total. The SMILES string of the molecule is CC1=CC(C)(C)N(C(C)(C)C)C1(C)C. The van der Waals surface area contributed by atoms with Gasteiger partial charge in [0.05, 0.1) is 0 Å². The van der Waals surface area contributed by atoms with Gasteiger partial charge in [0.2, 0.25) is 0 Å². The third-order valence-corrected chi connectivity index (χ3v) is 3.34. The molecule has 0 spiro atoms. The fourth-order valence-corrected chi connectivity index (χ4v) is 3.37. The van der Waals surface area contributed by atoms with Crippen LogP contribution in [-0.4, -0.2) is 21.5 Å². The molecule has 1 heterocycles. The lowest BCUT2D eigenvalue weighted by Gasteiger charge is -2.50. The number of hydrogen-bond acceptors (Lipinski definition) is 1. The molecular formula is C13H25N. The topological polar surface area (TPSA) is 3.24 Å². The molecule has 1 aliphatic rings. The zero-order valence-electron chi connectivity index (χ0n) is 11.0. The predicted octanol–water partition coefficient (Wildman–Crippen LogP) is 3.60. The third kappa shape index (κ3) is 1.63.